The summed E-state index contributed by atoms with van der Waals surface area (Å²) in [6.45, 7) is 6.65. The lowest BCUT2D eigenvalue weighted by molar-refractivity contribution is -0.264. The molecule has 26 heavy (non-hydrogen) atoms. The van der Waals surface area contributed by atoms with E-state index in [1.807, 2.05) is 0 Å². The van der Waals surface area contributed by atoms with Crippen LogP contribution in [0.1, 0.15) is 52.4 Å². The molecule has 7 fully saturated rings. The summed E-state index contributed by atoms with van der Waals surface area (Å²) in [4.78, 5) is 15.5. The lowest BCUT2D eigenvalue weighted by atomic mass is 9.43. The number of piperidine rings is 1. The molecule has 5 nitrogen and oxygen atoms in total. The highest BCUT2D eigenvalue weighted by molar-refractivity contribution is 5.77. The third kappa shape index (κ3) is 1.49. The van der Waals surface area contributed by atoms with Gasteiger partial charge in [-0.25, -0.2) is 0 Å². The molecule has 0 radical (unpaired) electrons. The van der Waals surface area contributed by atoms with Crippen LogP contribution >= 0.6 is 0 Å². The quantitative estimate of drug-likeness (QED) is 0.694. The zero-order chi connectivity index (χ0) is 18.1. The number of rotatable bonds is 1. The Morgan fingerprint density at radius 3 is 2.81 bits per heavy atom. The van der Waals surface area contributed by atoms with Crippen LogP contribution in [0.5, 0.6) is 0 Å². The molecule has 144 valence electrons. The lowest BCUT2D eigenvalue weighted by Gasteiger charge is -2.69. The highest BCUT2D eigenvalue weighted by atomic mass is 16.5. The van der Waals surface area contributed by atoms with Gasteiger partial charge in [0.05, 0.1) is 17.6 Å². The highest BCUT2D eigenvalue weighted by Crippen LogP contribution is 2.76. The van der Waals surface area contributed by atoms with Gasteiger partial charge >= 0.3 is 5.97 Å². The number of ether oxygens (including phenoxy) is 1. The highest BCUT2D eigenvalue weighted by Gasteiger charge is 2.81. The number of likely N-dealkylation sites (tertiary alicyclic amines) is 1. The van der Waals surface area contributed by atoms with E-state index in [-0.39, 0.29) is 46.9 Å². The van der Waals surface area contributed by atoms with Gasteiger partial charge in [-0.1, -0.05) is 13.8 Å². The topological polar surface area (TPSA) is 70.0 Å². The number of carbonyl (C=O) groups is 1. The monoisotopic (exact) mass is 361 g/mol. The van der Waals surface area contributed by atoms with Crippen LogP contribution < -0.4 is 0 Å². The third-order valence-corrected chi connectivity index (χ3v) is 9.90. The van der Waals surface area contributed by atoms with E-state index in [9.17, 15) is 15.0 Å². The average molecular weight is 361 g/mol. The SMILES string of the molecule is CCN1CC2(C)CCC(O)C34C5CC6CCC(O)(C(CC23)C14)C5C(=O)O6. The fraction of sp³-hybridized carbons (Fsp3) is 0.952. The standard InChI is InChI=1S/C21H31NO4/c1-3-22-10-19(2)6-5-15(23)21-12-8-11-4-7-20(25,16(12)18(24)26-11)13(17(21)22)9-14(19)21/h11-17,23,25H,3-10H2,1-2H3. The maximum Gasteiger partial charge on any atom is 0.312 e. The molecule has 7 rings (SSSR count). The minimum absolute atomic E-state index is 0.0670. The number of hydrogen-bond donors (Lipinski definition) is 2. The minimum Gasteiger partial charge on any atom is -0.462 e. The molecule has 4 saturated carbocycles. The Morgan fingerprint density at radius 1 is 1.23 bits per heavy atom. The molecule has 0 aromatic heterocycles. The number of nitrogens with zero attached hydrogens (tertiary/aromatic N) is 1. The first-order valence-electron chi connectivity index (χ1n) is 10.7. The van der Waals surface area contributed by atoms with Gasteiger partial charge in [0.15, 0.2) is 0 Å². The molecule has 1 spiro atoms. The second-order valence-corrected chi connectivity index (χ2v) is 10.5. The Kier molecular flexibility index (Phi) is 2.93. The van der Waals surface area contributed by atoms with E-state index in [0.29, 0.717) is 12.3 Å². The van der Waals surface area contributed by atoms with Crippen molar-refractivity contribution in [3.63, 3.8) is 0 Å². The van der Waals surface area contributed by atoms with Gasteiger partial charge in [0, 0.05) is 23.9 Å². The zero-order valence-corrected chi connectivity index (χ0v) is 15.9. The molecule has 0 aromatic carbocycles. The van der Waals surface area contributed by atoms with Gasteiger partial charge < -0.3 is 14.9 Å². The fourth-order valence-corrected chi connectivity index (χ4v) is 9.24. The van der Waals surface area contributed by atoms with Crippen molar-refractivity contribution in [2.24, 2.45) is 34.5 Å². The number of aliphatic hydroxyl groups excluding tert-OH is 1. The summed E-state index contributed by atoms with van der Waals surface area (Å²) in [5.74, 6) is -0.0338. The first kappa shape index (κ1) is 16.3. The molecule has 0 amide bonds. The summed E-state index contributed by atoms with van der Waals surface area (Å²) in [7, 11) is 0. The van der Waals surface area contributed by atoms with Crippen molar-refractivity contribution in [1.29, 1.82) is 0 Å². The van der Waals surface area contributed by atoms with Gasteiger partial charge in [-0.15, -0.1) is 0 Å². The van der Waals surface area contributed by atoms with Crippen molar-refractivity contribution in [1.82, 2.24) is 4.90 Å². The number of fused-ring (bicyclic) bond motifs is 2. The number of carbonyl (C=O) groups excluding carboxylic acids is 1. The summed E-state index contributed by atoms with van der Waals surface area (Å²) >= 11 is 0. The predicted octanol–water partition coefficient (Wildman–Crippen LogP) is 1.56. The molecule has 5 heteroatoms. The van der Waals surface area contributed by atoms with Crippen molar-refractivity contribution in [2.75, 3.05) is 13.1 Å². The smallest absolute Gasteiger partial charge is 0.312 e. The largest absolute Gasteiger partial charge is 0.462 e. The molecule has 3 aliphatic heterocycles. The van der Waals surface area contributed by atoms with Gasteiger partial charge in [0.25, 0.3) is 0 Å². The molecular formula is C21H31NO4. The van der Waals surface area contributed by atoms with Crippen LogP contribution in [0.25, 0.3) is 0 Å². The van der Waals surface area contributed by atoms with Gasteiger partial charge in [-0.2, -0.15) is 0 Å². The molecule has 7 aliphatic rings. The Morgan fingerprint density at radius 2 is 2.04 bits per heavy atom. The van der Waals surface area contributed by atoms with Crippen LogP contribution in [0.15, 0.2) is 0 Å². The summed E-state index contributed by atoms with van der Waals surface area (Å²) < 4.78 is 5.71. The first-order valence-corrected chi connectivity index (χ1v) is 10.7. The molecule has 4 aliphatic carbocycles. The van der Waals surface area contributed by atoms with Crippen molar-refractivity contribution >= 4 is 5.97 Å². The Labute approximate surface area is 155 Å². The molecule has 3 heterocycles. The molecule has 3 saturated heterocycles. The third-order valence-electron chi connectivity index (χ3n) is 9.90. The number of aliphatic hydroxyl groups is 2. The first-order chi connectivity index (χ1) is 12.4. The molecule has 10 unspecified atom stereocenters. The number of esters is 1. The maximum atomic E-state index is 13.0. The van der Waals surface area contributed by atoms with Crippen molar-refractivity contribution in [2.45, 2.75) is 76.2 Å². The van der Waals surface area contributed by atoms with Gasteiger partial charge in [-0.05, 0) is 62.3 Å². The van der Waals surface area contributed by atoms with Gasteiger partial charge in [-0.3, -0.25) is 9.69 Å². The van der Waals surface area contributed by atoms with E-state index in [2.05, 4.69) is 18.7 Å². The Balaban J connectivity index is 1.63. The summed E-state index contributed by atoms with van der Waals surface area (Å²) in [6, 6.07) is 0.219. The molecule has 2 N–H and O–H groups in total. The Hall–Kier alpha value is -0.650. The molecule has 0 aromatic rings. The molecule has 9 bridgehead atoms. The van der Waals surface area contributed by atoms with Crippen molar-refractivity contribution < 1.29 is 19.7 Å². The normalized spacial score (nSPS) is 62.8. The van der Waals surface area contributed by atoms with Crippen LogP contribution in [0.3, 0.4) is 0 Å². The van der Waals surface area contributed by atoms with E-state index in [1.54, 1.807) is 0 Å². The maximum absolute atomic E-state index is 13.0. The zero-order valence-electron chi connectivity index (χ0n) is 15.9. The summed E-state index contributed by atoms with van der Waals surface area (Å²) in [5.41, 5.74) is -0.990. The fourth-order valence-electron chi connectivity index (χ4n) is 9.24. The Bertz CT molecular complexity index is 683. The van der Waals surface area contributed by atoms with E-state index in [1.165, 1.54) is 0 Å². The van der Waals surface area contributed by atoms with Gasteiger partial charge in [0.2, 0.25) is 0 Å². The van der Waals surface area contributed by atoms with Crippen LogP contribution in [-0.2, 0) is 9.53 Å². The van der Waals surface area contributed by atoms with E-state index in [0.717, 1.165) is 45.2 Å². The van der Waals surface area contributed by atoms with Gasteiger partial charge in [0.1, 0.15) is 6.10 Å². The van der Waals surface area contributed by atoms with Crippen LogP contribution in [0.2, 0.25) is 0 Å². The number of hydrogen-bond acceptors (Lipinski definition) is 5. The minimum atomic E-state index is -0.946. The van der Waals surface area contributed by atoms with Crippen LogP contribution in [0, 0.1) is 34.5 Å². The van der Waals surface area contributed by atoms with E-state index < -0.39 is 11.5 Å². The second kappa shape index (κ2) is 4.66. The van der Waals surface area contributed by atoms with Crippen molar-refractivity contribution in [3.8, 4) is 0 Å². The van der Waals surface area contributed by atoms with Crippen LogP contribution in [0.4, 0.5) is 0 Å². The van der Waals surface area contributed by atoms with Crippen LogP contribution in [-0.4, -0.2) is 58.0 Å². The van der Waals surface area contributed by atoms with E-state index >= 15 is 0 Å². The van der Waals surface area contributed by atoms with Crippen molar-refractivity contribution in [3.05, 3.63) is 0 Å². The predicted molar refractivity (Wildman–Crippen MR) is 94.1 cm³/mol. The second-order valence-electron chi connectivity index (χ2n) is 10.5. The average Bonchev–Trinajstić information content (AvgIpc) is 2.70. The van der Waals surface area contributed by atoms with E-state index in [4.69, 9.17) is 4.74 Å². The summed E-state index contributed by atoms with van der Waals surface area (Å²) in [5, 5.41) is 23.4. The molecular weight excluding hydrogens is 330 g/mol. The lowest BCUT2D eigenvalue weighted by Crippen LogP contribution is -2.76. The summed E-state index contributed by atoms with van der Waals surface area (Å²) in [6.07, 6.45) is 4.74. The molecule has 10 atom stereocenters.